The Balaban J connectivity index is 2.52. The summed E-state index contributed by atoms with van der Waals surface area (Å²) in [4.78, 5) is 26.9. The predicted octanol–water partition coefficient (Wildman–Crippen LogP) is 5.85. The summed E-state index contributed by atoms with van der Waals surface area (Å²) in [5.41, 5.74) is 1.35. The molecule has 0 atom stereocenters. The van der Waals surface area contributed by atoms with E-state index in [9.17, 15) is 14.7 Å². The van der Waals surface area contributed by atoms with Crippen LogP contribution < -0.4 is 4.74 Å². The Hall–Kier alpha value is -3.42. The number of ether oxygens (including phenoxy) is 4. The molecule has 0 bridgehead atoms. The molecule has 0 aromatic heterocycles. The number of hydrogen-bond donors (Lipinski definition) is 1. The Kier molecular flexibility index (Phi) is 10.9. The monoisotopic (exact) mass is 496 g/mol. The molecular weight excluding hydrogens is 460 g/mol. The Morgan fingerprint density at radius 2 is 1.44 bits per heavy atom. The molecule has 1 aliphatic carbocycles. The summed E-state index contributed by atoms with van der Waals surface area (Å²) in [7, 11) is 3.01. The molecule has 0 amide bonds. The summed E-state index contributed by atoms with van der Waals surface area (Å²) in [6.45, 7) is 7.79. The van der Waals surface area contributed by atoms with Crippen LogP contribution in [0.25, 0.3) is 6.08 Å². The van der Waals surface area contributed by atoms with Crippen LogP contribution in [0.1, 0.15) is 46.1 Å². The number of carbonyl (C=O) groups excluding carboxylic acids is 2. The van der Waals surface area contributed by atoms with E-state index in [-0.39, 0.29) is 24.9 Å². The largest absolute Gasteiger partial charge is 0.507 e. The zero-order valence-electron chi connectivity index (χ0n) is 21.9. The van der Waals surface area contributed by atoms with Crippen LogP contribution in [0.3, 0.4) is 0 Å². The second kappa shape index (κ2) is 13.6. The lowest BCUT2D eigenvalue weighted by Crippen LogP contribution is -2.41. The van der Waals surface area contributed by atoms with E-state index in [1.165, 1.54) is 26.4 Å². The Bertz CT molecular complexity index is 1060. The Morgan fingerprint density at radius 3 is 1.97 bits per heavy atom. The van der Waals surface area contributed by atoms with Gasteiger partial charge in [-0.3, -0.25) is 9.59 Å². The van der Waals surface area contributed by atoms with Gasteiger partial charge in [-0.05, 0) is 64.3 Å². The van der Waals surface area contributed by atoms with Gasteiger partial charge < -0.3 is 24.1 Å². The van der Waals surface area contributed by atoms with E-state index in [4.69, 9.17) is 18.9 Å². The molecule has 7 heteroatoms. The van der Waals surface area contributed by atoms with Gasteiger partial charge in [0, 0.05) is 20.3 Å². The van der Waals surface area contributed by atoms with Gasteiger partial charge in [0.25, 0.3) is 0 Å². The van der Waals surface area contributed by atoms with Gasteiger partial charge in [0.2, 0.25) is 0 Å². The highest BCUT2D eigenvalue weighted by Crippen LogP contribution is 2.44. The van der Waals surface area contributed by atoms with Crippen molar-refractivity contribution in [3.05, 3.63) is 82.4 Å². The first-order chi connectivity index (χ1) is 17.1. The molecule has 0 saturated carbocycles. The molecule has 0 saturated heterocycles. The molecule has 0 aliphatic heterocycles. The van der Waals surface area contributed by atoms with Crippen LogP contribution in [0.4, 0.5) is 0 Å². The molecule has 1 aromatic carbocycles. The van der Waals surface area contributed by atoms with E-state index in [2.05, 4.69) is 0 Å². The predicted molar refractivity (Wildman–Crippen MR) is 139 cm³/mol. The highest BCUT2D eigenvalue weighted by Gasteiger charge is 2.49. The second-order valence-electron chi connectivity index (χ2n) is 9.02. The molecule has 1 aromatic rings. The number of aliphatic hydroxyl groups is 1. The first-order valence-electron chi connectivity index (χ1n) is 11.7. The number of ketones is 2. The third-order valence-corrected chi connectivity index (χ3v) is 5.61. The molecule has 0 heterocycles. The summed E-state index contributed by atoms with van der Waals surface area (Å²) < 4.78 is 21.0. The third kappa shape index (κ3) is 7.54. The van der Waals surface area contributed by atoms with E-state index in [0.29, 0.717) is 18.6 Å². The Labute approximate surface area is 213 Å². The third-order valence-electron chi connectivity index (χ3n) is 5.61. The maximum absolute atomic E-state index is 13.9. The molecule has 2 rings (SSSR count). The molecule has 36 heavy (non-hydrogen) atoms. The first kappa shape index (κ1) is 28.8. The molecule has 0 radical (unpaired) electrons. The van der Waals surface area contributed by atoms with Crippen molar-refractivity contribution in [1.82, 2.24) is 0 Å². The van der Waals surface area contributed by atoms with Crippen LogP contribution >= 0.6 is 0 Å². The van der Waals surface area contributed by atoms with Crippen LogP contribution in [0, 0.1) is 5.41 Å². The molecule has 1 N–H and O–H groups in total. The number of rotatable bonds is 12. The minimum atomic E-state index is -1.18. The standard InChI is InChI=1S/C29H36O7/c1-20(2)13-15-29(16-14-21(3)4)26(36-19-34-6)17-25(31)27(28(29)32)24(30)12-9-22-7-10-23(11-8-22)35-18-33-5/h7-14,17,30H,15-16,18-19H2,1-6H3. The lowest BCUT2D eigenvalue weighted by atomic mass is 9.68. The average molecular weight is 497 g/mol. The van der Waals surface area contributed by atoms with Gasteiger partial charge in [-0.2, -0.15) is 0 Å². The van der Waals surface area contributed by atoms with Gasteiger partial charge in [-0.15, -0.1) is 0 Å². The quantitative estimate of drug-likeness (QED) is 0.128. The van der Waals surface area contributed by atoms with Crippen LogP contribution in [0.2, 0.25) is 0 Å². The first-order valence-corrected chi connectivity index (χ1v) is 11.7. The van der Waals surface area contributed by atoms with Crippen LogP contribution in [-0.2, 0) is 23.8 Å². The van der Waals surface area contributed by atoms with Crippen molar-refractivity contribution in [3.8, 4) is 5.75 Å². The summed E-state index contributed by atoms with van der Waals surface area (Å²) in [6, 6.07) is 7.08. The van der Waals surface area contributed by atoms with Crippen molar-refractivity contribution in [2.24, 2.45) is 5.41 Å². The van der Waals surface area contributed by atoms with E-state index < -0.39 is 22.7 Å². The number of methoxy groups -OCH3 is 2. The lowest BCUT2D eigenvalue weighted by molar-refractivity contribution is -0.130. The van der Waals surface area contributed by atoms with Gasteiger partial charge in [0.05, 0.1) is 5.41 Å². The van der Waals surface area contributed by atoms with Gasteiger partial charge in [0.15, 0.2) is 25.2 Å². The molecule has 194 valence electrons. The van der Waals surface area contributed by atoms with Crippen LogP contribution in [0.15, 0.2) is 76.8 Å². The van der Waals surface area contributed by atoms with Gasteiger partial charge in [0.1, 0.15) is 22.8 Å². The molecule has 0 fully saturated rings. The van der Waals surface area contributed by atoms with Crippen LogP contribution in [0.5, 0.6) is 5.75 Å². The van der Waals surface area contributed by atoms with E-state index >= 15 is 0 Å². The van der Waals surface area contributed by atoms with Crippen LogP contribution in [-0.4, -0.2) is 44.5 Å². The van der Waals surface area contributed by atoms with E-state index in [1.54, 1.807) is 30.3 Å². The zero-order chi connectivity index (χ0) is 26.7. The fourth-order valence-corrected chi connectivity index (χ4v) is 3.62. The summed E-state index contributed by atoms with van der Waals surface area (Å²) in [5.74, 6) is -0.624. The smallest absolute Gasteiger partial charge is 0.196 e. The summed E-state index contributed by atoms with van der Waals surface area (Å²) in [6.07, 6.45) is 8.77. The van der Waals surface area contributed by atoms with Crippen molar-refractivity contribution >= 4 is 17.6 Å². The number of Topliss-reactive ketones (excluding diaryl/α,β-unsaturated/α-hetero) is 1. The number of aliphatic hydroxyl groups excluding tert-OH is 1. The number of benzene rings is 1. The topological polar surface area (TPSA) is 91.3 Å². The second-order valence-corrected chi connectivity index (χ2v) is 9.02. The SMILES string of the molecule is COCOC1=CC(=O)C(=C(O)C=Cc2ccc(OCOC)cc2)C(=O)C1(CC=C(C)C)CC=C(C)C. The normalized spacial score (nSPS) is 16.4. The number of allylic oxidation sites excluding steroid dienone is 8. The molecule has 7 nitrogen and oxygen atoms in total. The minimum Gasteiger partial charge on any atom is -0.507 e. The average Bonchev–Trinajstić information content (AvgIpc) is 2.84. The fourth-order valence-electron chi connectivity index (χ4n) is 3.62. The molecule has 0 unspecified atom stereocenters. The number of hydrogen-bond acceptors (Lipinski definition) is 7. The number of carbonyl (C=O) groups is 2. The van der Waals surface area contributed by atoms with Gasteiger partial charge in [-0.25, -0.2) is 0 Å². The summed E-state index contributed by atoms with van der Waals surface area (Å²) >= 11 is 0. The fraction of sp³-hybridized carbons (Fsp3) is 0.379. The van der Waals surface area contributed by atoms with Crippen molar-refractivity contribution in [2.45, 2.75) is 40.5 Å². The molecule has 0 spiro atoms. The molecule has 1 aliphatic rings. The highest BCUT2D eigenvalue weighted by atomic mass is 16.7. The lowest BCUT2D eigenvalue weighted by Gasteiger charge is -2.36. The molecular formula is C29H36O7. The van der Waals surface area contributed by atoms with Crippen molar-refractivity contribution < 1.29 is 33.6 Å². The maximum atomic E-state index is 13.9. The summed E-state index contributed by atoms with van der Waals surface area (Å²) in [5, 5.41) is 10.9. The van der Waals surface area contributed by atoms with Crippen molar-refractivity contribution in [1.29, 1.82) is 0 Å². The zero-order valence-corrected chi connectivity index (χ0v) is 21.9. The van der Waals surface area contributed by atoms with E-state index in [1.807, 2.05) is 39.8 Å². The Morgan fingerprint density at radius 1 is 0.889 bits per heavy atom. The maximum Gasteiger partial charge on any atom is 0.196 e. The van der Waals surface area contributed by atoms with E-state index in [0.717, 1.165) is 16.7 Å². The van der Waals surface area contributed by atoms with Gasteiger partial charge in [-0.1, -0.05) is 41.5 Å². The van der Waals surface area contributed by atoms with Crippen molar-refractivity contribution in [2.75, 3.05) is 27.8 Å². The minimum absolute atomic E-state index is 0.104. The van der Waals surface area contributed by atoms with Crippen molar-refractivity contribution in [3.63, 3.8) is 0 Å². The highest BCUT2D eigenvalue weighted by molar-refractivity contribution is 6.29. The van der Waals surface area contributed by atoms with Gasteiger partial charge >= 0.3 is 0 Å².